The van der Waals surface area contributed by atoms with Crippen molar-refractivity contribution in [3.63, 3.8) is 0 Å². The van der Waals surface area contributed by atoms with E-state index in [4.69, 9.17) is 17.7 Å². The second-order valence-electron chi connectivity index (χ2n) is 2.37. The number of aromatic carboxylic acids is 1. The third kappa shape index (κ3) is 6.55. The summed E-state index contributed by atoms with van der Waals surface area (Å²) in [6.45, 7) is 1.92. The Morgan fingerprint density at radius 3 is 1.93 bits per heavy atom. The molecule has 0 atom stereocenters. The van der Waals surface area contributed by atoms with E-state index in [0.29, 0.717) is 5.56 Å². The molecule has 78 valence electrons. The summed E-state index contributed by atoms with van der Waals surface area (Å²) >= 11 is -3.40. The monoisotopic (exact) mass is 264 g/mol. The lowest BCUT2D eigenvalue weighted by molar-refractivity contribution is -1.63. The number of rotatable bonds is 1. The molecule has 0 amide bonds. The molecule has 0 heterocycles. The van der Waals surface area contributed by atoms with Crippen molar-refractivity contribution in [1.29, 1.82) is 0 Å². The lowest BCUT2D eigenvalue weighted by Crippen LogP contribution is -2.30. The highest BCUT2D eigenvalue weighted by molar-refractivity contribution is 5.87. The minimum Gasteiger partial charge on any atom is -0.478 e. The first kappa shape index (κ1) is 13.1. The number of benzene rings is 1. The molecule has 0 aromatic heterocycles. The van der Waals surface area contributed by atoms with E-state index in [1.165, 1.54) is 0 Å². The number of carbonyl (C=O) groups is 1. The summed E-state index contributed by atoms with van der Waals surface area (Å²) in [5.41, 5.74) is 1.41. The minimum absolute atomic E-state index is 0.339. The minimum atomic E-state index is -3.40. The van der Waals surface area contributed by atoms with Crippen LogP contribution in [0.5, 0.6) is 0 Å². The molecule has 0 aliphatic rings. The van der Waals surface area contributed by atoms with E-state index in [1.54, 1.807) is 24.3 Å². The average Bonchev–Trinajstić information content (AvgIpc) is 2.03. The van der Waals surface area contributed by atoms with Crippen LogP contribution in [0.15, 0.2) is 24.3 Å². The Bertz CT molecular complexity index is 280. The summed E-state index contributed by atoms with van der Waals surface area (Å²) in [5.74, 6) is -0.875. The normalized spacial score (nSPS) is 9.21. The molecule has 0 unspecified atom stereocenters. The van der Waals surface area contributed by atoms with Gasteiger partial charge in [-0.3, -0.25) is 0 Å². The van der Waals surface area contributed by atoms with Crippen LogP contribution in [0.2, 0.25) is 0 Å². The Kier molecular flexibility index (Phi) is 6.06. The number of halogens is 1. The molecular formula is C8H9BrO5. The van der Waals surface area contributed by atoms with Gasteiger partial charge in [-0.1, -0.05) is 17.7 Å². The van der Waals surface area contributed by atoms with Gasteiger partial charge in [0.05, 0.1) is 5.56 Å². The number of carboxylic acids is 1. The van der Waals surface area contributed by atoms with Crippen molar-refractivity contribution in [2.75, 3.05) is 0 Å². The smallest absolute Gasteiger partial charge is 0.433 e. The predicted octanol–water partition coefficient (Wildman–Crippen LogP) is -1.24. The van der Waals surface area contributed by atoms with Gasteiger partial charge in [-0.2, -0.15) is 0 Å². The highest BCUT2D eigenvalue weighted by Gasteiger charge is 1.98. The molecule has 0 saturated carbocycles. The van der Waals surface area contributed by atoms with Gasteiger partial charge in [-0.05, 0) is 23.3 Å². The molecule has 0 bridgehead atoms. The third-order valence-corrected chi connectivity index (χ3v) is 1.30. The molecule has 0 fully saturated rings. The van der Waals surface area contributed by atoms with Crippen molar-refractivity contribution in [1.82, 2.24) is 0 Å². The lowest BCUT2D eigenvalue weighted by atomic mass is 10.2. The van der Waals surface area contributed by atoms with E-state index in [9.17, 15) is 4.79 Å². The Morgan fingerprint density at radius 2 is 1.64 bits per heavy atom. The van der Waals surface area contributed by atoms with E-state index >= 15 is 0 Å². The molecule has 1 aromatic carbocycles. The van der Waals surface area contributed by atoms with Crippen LogP contribution in [0.1, 0.15) is 15.9 Å². The first-order valence-electron chi connectivity index (χ1n) is 3.48. The van der Waals surface area contributed by atoms with Crippen molar-refractivity contribution < 1.29 is 37.3 Å². The third-order valence-electron chi connectivity index (χ3n) is 1.30. The zero-order valence-electron chi connectivity index (χ0n) is 7.31. The quantitative estimate of drug-likeness (QED) is 0.660. The van der Waals surface area contributed by atoms with Crippen LogP contribution in [0.4, 0.5) is 0 Å². The molecule has 1 aromatic rings. The molecule has 0 spiro atoms. The van der Waals surface area contributed by atoms with Crippen LogP contribution < -0.4 is 8.40 Å². The van der Waals surface area contributed by atoms with Crippen molar-refractivity contribution in [2.24, 2.45) is 0 Å². The second kappa shape index (κ2) is 6.50. The van der Waals surface area contributed by atoms with Gasteiger partial charge in [0.2, 0.25) is 0 Å². The van der Waals surface area contributed by atoms with Crippen LogP contribution in [0, 0.1) is 21.7 Å². The van der Waals surface area contributed by atoms with Gasteiger partial charge in [0.25, 0.3) is 0 Å². The molecule has 1 rings (SSSR count). The fourth-order valence-corrected chi connectivity index (χ4v) is 0.696. The van der Waals surface area contributed by atoms with E-state index < -0.39 is 20.8 Å². The van der Waals surface area contributed by atoms with E-state index in [2.05, 4.69) is 0 Å². The summed E-state index contributed by atoms with van der Waals surface area (Å²) < 4.78 is 24.3. The summed E-state index contributed by atoms with van der Waals surface area (Å²) in [4.78, 5) is 10.3. The van der Waals surface area contributed by atoms with Crippen LogP contribution in [0.25, 0.3) is 0 Å². The topological polar surface area (TPSA) is 104 Å². The maximum absolute atomic E-state index is 10.3. The summed E-state index contributed by atoms with van der Waals surface area (Å²) in [6, 6.07) is 6.75. The maximum atomic E-state index is 10.3. The summed E-state index contributed by atoms with van der Waals surface area (Å²) in [7, 11) is 0. The molecular weight excluding hydrogens is 256 g/mol. The Labute approximate surface area is 86.1 Å². The molecule has 0 aliphatic carbocycles. The van der Waals surface area contributed by atoms with Crippen molar-refractivity contribution in [3.05, 3.63) is 35.4 Å². The summed E-state index contributed by atoms with van der Waals surface area (Å²) in [6.07, 6.45) is 0. The number of aryl methyl sites for hydroxylation is 1. The first-order chi connectivity index (χ1) is 6.43. The van der Waals surface area contributed by atoms with Gasteiger partial charge in [0.1, 0.15) is 0 Å². The zero-order chi connectivity index (χ0) is 11.1. The average molecular weight is 265 g/mol. The van der Waals surface area contributed by atoms with Gasteiger partial charge < -0.3 is 13.5 Å². The number of carboxylic acid groups (broad SMARTS) is 1. The standard InChI is InChI=1S/C8H8O2.BrHO3/c1-6-2-4-7(5-3-6)8(9)10;2-1(3)4/h2-5H,1H3,(H,9,10);2H. The molecule has 0 radical (unpaired) electrons. The Hall–Kier alpha value is -0.950. The van der Waals surface area contributed by atoms with Crippen molar-refractivity contribution in [3.8, 4) is 0 Å². The van der Waals surface area contributed by atoms with Crippen molar-refractivity contribution in [2.45, 2.75) is 6.92 Å². The molecule has 5 nitrogen and oxygen atoms in total. The SMILES string of the molecule is Cc1ccc(C(=O)O)cc1.[O-][Br+2]([O-])O. The second-order valence-corrected chi connectivity index (χ2v) is 3.22. The lowest BCUT2D eigenvalue weighted by Gasteiger charge is -1.92. The molecule has 6 heteroatoms. The van der Waals surface area contributed by atoms with Crippen LogP contribution in [0.3, 0.4) is 0 Å². The highest BCUT2D eigenvalue weighted by Crippen LogP contribution is 2.01. The number of hydrogen-bond donors (Lipinski definition) is 2. The predicted molar refractivity (Wildman–Crippen MR) is 40.4 cm³/mol. The molecule has 0 aliphatic heterocycles. The van der Waals surface area contributed by atoms with Gasteiger partial charge in [0.15, 0.2) is 0 Å². The Morgan fingerprint density at radius 1 is 1.29 bits per heavy atom. The van der Waals surface area contributed by atoms with Gasteiger partial charge in [-0.25, -0.2) is 4.79 Å². The van der Waals surface area contributed by atoms with Crippen LogP contribution in [-0.4, -0.2) is 15.3 Å². The van der Waals surface area contributed by atoms with E-state index in [-0.39, 0.29) is 0 Å². The van der Waals surface area contributed by atoms with Crippen LogP contribution in [-0.2, 0) is 0 Å². The van der Waals surface area contributed by atoms with Gasteiger partial charge in [0, 0.05) is 0 Å². The highest BCUT2D eigenvalue weighted by atomic mass is 80.0. The Balaban J connectivity index is 0.000000364. The maximum Gasteiger partial charge on any atom is 0.433 e. The fourth-order valence-electron chi connectivity index (χ4n) is 0.696. The summed E-state index contributed by atoms with van der Waals surface area (Å²) in [5, 5.41) is 8.48. The van der Waals surface area contributed by atoms with Gasteiger partial charge in [-0.15, -0.1) is 0 Å². The molecule has 2 N–H and O–H groups in total. The van der Waals surface area contributed by atoms with Crippen molar-refractivity contribution >= 4 is 5.97 Å². The van der Waals surface area contributed by atoms with E-state index in [0.717, 1.165) is 5.56 Å². The van der Waals surface area contributed by atoms with E-state index in [1.807, 2.05) is 6.92 Å². The first-order valence-corrected chi connectivity index (χ1v) is 5.48. The van der Waals surface area contributed by atoms with Gasteiger partial charge >= 0.3 is 20.8 Å². The van der Waals surface area contributed by atoms with Crippen LogP contribution >= 0.6 is 0 Å². The zero-order valence-corrected chi connectivity index (χ0v) is 8.89. The molecule has 0 saturated heterocycles. The number of hydrogen-bond acceptors (Lipinski definition) is 4. The largest absolute Gasteiger partial charge is 0.478 e. The fraction of sp³-hybridized carbons (Fsp3) is 0.125. The molecule has 14 heavy (non-hydrogen) atoms.